The molecule has 2 atom stereocenters. The summed E-state index contributed by atoms with van der Waals surface area (Å²) in [4.78, 5) is 41.9. The molecular weight excluding hydrogens is 581 g/mol. The molecule has 0 saturated carbocycles. The highest BCUT2D eigenvalue weighted by molar-refractivity contribution is 5.82. The molecule has 0 spiro atoms. The average molecular weight is 632 g/mol. The van der Waals surface area contributed by atoms with E-state index < -0.39 is 23.7 Å². The van der Waals surface area contributed by atoms with Crippen LogP contribution in [0, 0.1) is 53.3 Å². The lowest BCUT2D eigenvalue weighted by Gasteiger charge is -2.30. The fourth-order valence-electron chi connectivity index (χ4n) is 6.87. The van der Waals surface area contributed by atoms with E-state index in [0.717, 1.165) is 58.7 Å². The first kappa shape index (κ1) is 35.2. The largest absolute Gasteiger partial charge is 0.481 e. The maximum absolute atomic E-state index is 15.8. The number of hydrogen-bond donors (Lipinski definition) is 1. The summed E-state index contributed by atoms with van der Waals surface area (Å²) in [5.74, 6) is -2.29. The molecule has 1 saturated heterocycles. The minimum Gasteiger partial charge on any atom is -0.481 e. The number of likely N-dealkylation sites (tertiary alicyclic amines) is 1. The summed E-state index contributed by atoms with van der Waals surface area (Å²) in [7, 11) is 0. The second-order valence-electron chi connectivity index (χ2n) is 13.8. The molecule has 2 aromatic carbocycles. The number of rotatable bonds is 14. The second-order valence-corrected chi connectivity index (χ2v) is 13.8. The van der Waals surface area contributed by atoms with Crippen molar-refractivity contribution in [2.75, 3.05) is 19.6 Å². The van der Waals surface area contributed by atoms with E-state index in [1.165, 1.54) is 11.1 Å². The van der Waals surface area contributed by atoms with Gasteiger partial charge in [0, 0.05) is 24.9 Å². The molecule has 4 rings (SSSR count). The minimum atomic E-state index is -1.06. The van der Waals surface area contributed by atoms with Gasteiger partial charge in [-0.15, -0.1) is 0 Å². The average Bonchev–Trinajstić information content (AvgIpc) is 2.94. The first-order chi connectivity index (χ1) is 21.7. The zero-order valence-corrected chi connectivity index (χ0v) is 28.8. The number of benzene rings is 2. The highest BCUT2D eigenvalue weighted by Crippen LogP contribution is 2.36. The molecule has 7 nitrogen and oxygen atoms in total. The molecule has 1 fully saturated rings. The summed E-state index contributed by atoms with van der Waals surface area (Å²) < 4.78 is 17.2. The summed E-state index contributed by atoms with van der Waals surface area (Å²) in [6, 6.07) is 6.96. The molecular formula is C38H50FN3O4. The Morgan fingerprint density at radius 2 is 1.61 bits per heavy atom. The van der Waals surface area contributed by atoms with Gasteiger partial charge in [-0.3, -0.25) is 14.4 Å². The van der Waals surface area contributed by atoms with E-state index in [-0.39, 0.29) is 36.5 Å². The van der Waals surface area contributed by atoms with Crippen LogP contribution in [0.25, 0.3) is 11.1 Å². The summed E-state index contributed by atoms with van der Waals surface area (Å²) in [5, 5.41) is 14.6. The van der Waals surface area contributed by atoms with Crippen molar-refractivity contribution in [2.24, 2.45) is 5.92 Å². The van der Waals surface area contributed by atoms with Crippen LogP contribution < -0.4 is 5.56 Å². The van der Waals surface area contributed by atoms with Crippen molar-refractivity contribution in [3.05, 3.63) is 85.1 Å². The normalized spacial score (nSPS) is 14.7. The zero-order valence-electron chi connectivity index (χ0n) is 28.8. The van der Waals surface area contributed by atoms with Crippen LogP contribution in [0.3, 0.4) is 0 Å². The first-order valence-corrected chi connectivity index (χ1v) is 16.6. The predicted molar refractivity (Wildman–Crippen MR) is 181 cm³/mol. The maximum Gasteiger partial charge on any atom is 0.303 e. The Bertz CT molecular complexity index is 1650. The molecule has 1 aliphatic rings. The van der Waals surface area contributed by atoms with Crippen molar-refractivity contribution in [1.82, 2.24) is 14.7 Å². The van der Waals surface area contributed by atoms with Crippen molar-refractivity contribution < 1.29 is 19.1 Å². The van der Waals surface area contributed by atoms with Crippen molar-refractivity contribution in [2.45, 2.75) is 106 Å². The predicted octanol–water partition coefficient (Wildman–Crippen LogP) is 7.34. The van der Waals surface area contributed by atoms with Crippen LogP contribution in [-0.4, -0.2) is 51.2 Å². The number of aryl methyl sites for hydroxylation is 4. The van der Waals surface area contributed by atoms with Gasteiger partial charge in [-0.2, -0.15) is 5.10 Å². The van der Waals surface area contributed by atoms with Gasteiger partial charge < -0.3 is 10.0 Å². The van der Waals surface area contributed by atoms with Crippen LogP contribution in [0.15, 0.2) is 29.1 Å². The number of aromatic nitrogens is 2. The lowest BCUT2D eigenvalue weighted by atomic mass is 9.84. The van der Waals surface area contributed by atoms with Crippen molar-refractivity contribution in [3.8, 4) is 11.1 Å². The van der Waals surface area contributed by atoms with Gasteiger partial charge >= 0.3 is 5.97 Å². The minimum absolute atomic E-state index is 0.00475. The fourth-order valence-corrected chi connectivity index (χ4v) is 6.87. The second kappa shape index (κ2) is 14.8. The van der Waals surface area contributed by atoms with E-state index in [4.69, 9.17) is 5.10 Å². The number of carbonyl (C=O) groups excluding carboxylic acids is 1. The maximum atomic E-state index is 15.8. The lowest BCUT2D eigenvalue weighted by molar-refractivity contribution is -0.137. The molecule has 0 unspecified atom stereocenters. The Kier molecular flexibility index (Phi) is 11.4. The van der Waals surface area contributed by atoms with Gasteiger partial charge in [0.15, 0.2) is 5.78 Å². The van der Waals surface area contributed by atoms with Crippen molar-refractivity contribution in [3.63, 3.8) is 0 Å². The third-order valence-electron chi connectivity index (χ3n) is 9.58. The molecule has 0 bridgehead atoms. The standard InChI is InChI=1S/C38H50FN3O4/c1-22(2)16-33(42-38(46)28(8)27(7)32(40-42)12-15-41-13-9-14-41)34(43)11-10-29(21-35(44)45)31-20-30(19-26(6)37(31)39)36-24(4)17-23(3)18-25(36)5/h17-20,22,29,33H,9-16,21H2,1-8H3,(H,44,45)/t29-,33-/m0/s1. The van der Waals surface area contributed by atoms with E-state index in [0.29, 0.717) is 29.5 Å². The first-order valence-electron chi connectivity index (χ1n) is 16.6. The van der Waals surface area contributed by atoms with Crippen LogP contribution in [0.5, 0.6) is 0 Å². The SMILES string of the molecule is Cc1cc(C)c(-c2cc(C)c(F)c([C@@H](CCC(=O)[C@H](CC(C)C)n3nc(CCN4CCC4)c(C)c(C)c3=O)CC(=O)O)c2)c(C)c1. The topological polar surface area (TPSA) is 92.5 Å². The third kappa shape index (κ3) is 8.00. The van der Waals surface area contributed by atoms with Crippen molar-refractivity contribution >= 4 is 11.8 Å². The lowest BCUT2D eigenvalue weighted by Crippen LogP contribution is -2.39. The van der Waals surface area contributed by atoms with Crippen LogP contribution in [-0.2, 0) is 16.0 Å². The molecule has 46 heavy (non-hydrogen) atoms. The zero-order chi connectivity index (χ0) is 33.9. The Balaban J connectivity index is 1.67. The van der Waals surface area contributed by atoms with Crippen LogP contribution >= 0.6 is 0 Å². The number of hydrogen-bond acceptors (Lipinski definition) is 5. The Labute approximate surface area is 272 Å². The molecule has 1 N–H and O–H groups in total. The smallest absolute Gasteiger partial charge is 0.303 e. The number of ketones is 1. The number of halogens is 1. The molecule has 1 aromatic heterocycles. The van der Waals surface area contributed by atoms with Gasteiger partial charge in [0.05, 0.1) is 12.1 Å². The van der Waals surface area contributed by atoms with E-state index in [9.17, 15) is 19.5 Å². The van der Waals surface area contributed by atoms with Gasteiger partial charge in [0.1, 0.15) is 11.9 Å². The molecule has 8 heteroatoms. The summed E-state index contributed by atoms with van der Waals surface area (Å²) in [6.07, 6.45) is 2.16. The highest BCUT2D eigenvalue weighted by atomic mass is 19.1. The molecule has 3 aromatic rings. The van der Waals surface area contributed by atoms with Crippen LogP contribution in [0.1, 0.15) is 103 Å². The Morgan fingerprint density at radius 1 is 0.957 bits per heavy atom. The van der Waals surface area contributed by atoms with Gasteiger partial charge in [0.25, 0.3) is 5.56 Å². The van der Waals surface area contributed by atoms with E-state index >= 15 is 4.39 Å². The third-order valence-corrected chi connectivity index (χ3v) is 9.58. The molecule has 1 aliphatic heterocycles. The molecule has 0 radical (unpaired) electrons. The van der Waals surface area contributed by atoms with Crippen LogP contribution in [0.4, 0.5) is 4.39 Å². The van der Waals surface area contributed by atoms with Crippen molar-refractivity contribution in [1.29, 1.82) is 0 Å². The fraction of sp³-hybridized carbons (Fsp3) is 0.526. The summed E-state index contributed by atoms with van der Waals surface area (Å²) in [6.45, 7) is 18.5. The Hall–Kier alpha value is -3.65. The van der Waals surface area contributed by atoms with Crippen LogP contribution in [0.2, 0.25) is 0 Å². The monoisotopic (exact) mass is 631 g/mol. The summed E-state index contributed by atoms with van der Waals surface area (Å²) in [5.41, 5.74) is 7.84. The number of carbonyl (C=O) groups is 2. The van der Waals surface area contributed by atoms with E-state index in [1.54, 1.807) is 19.9 Å². The van der Waals surface area contributed by atoms with Gasteiger partial charge in [0.2, 0.25) is 0 Å². The molecule has 0 aliphatic carbocycles. The van der Waals surface area contributed by atoms with Gasteiger partial charge in [-0.1, -0.05) is 31.5 Å². The number of carboxylic acids is 1. The summed E-state index contributed by atoms with van der Waals surface area (Å²) >= 11 is 0. The number of nitrogens with zero attached hydrogens (tertiary/aromatic N) is 3. The highest BCUT2D eigenvalue weighted by Gasteiger charge is 2.29. The van der Waals surface area contributed by atoms with E-state index in [2.05, 4.69) is 17.0 Å². The molecule has 2 heterocycles. The van der Waals surface area contributed by atoms with Gasteiger partial charge in [-0.05, 0) is 137 Å². The molecule has 0 amide bonds. The molecule has 248 valence electrons. The van der Waals surface area contributed by atoms with Gasteiger partial charge in [-0.25, -0.2) is 9.07 Å². The Morgan fingerprint density at radius 3 is 2.17 bits per heavy atom. The van der Waals surface area contributed by atoms with E-state index in [1.807, 2.05) is 47.6 Å². The number of Topliss-reactive ketones (excluding diaryl/α,β-unsaturated/α-hetero) is 1. The number of carboxylic acid groups (broad SMARTS) is 1. The quantitative estimate of drug-likeness (QED) is 0.200. The number of aliphatic carboxylic acids is 1.